The number of Topliss-reactive ketones (excluding diaryl/α,β-unsaturated/α-hetero) is 1. The fraction of sp³-hybridized carbons (Fsp3) is 0.333. The van der Waals surface area contributed by atoms with Crippen LogP contribution in [0.1, 0.15) is 23.2 Å². The van der Waals surface area contributed by atoms with Gasteiger partial charge < -0.3 is 19.7 Å². The Balaban J connectivity index is 1.39. The zero-order valence-corrected chi connectivity index (χ0v) is 16.5. The van der Waals surface area contributed by atoms with E-state index in [0.717, 1.165) is 17.7 Å². The van der Waals surface area contributed by atoms with Crippen molar-refractivity contribution >= 4 is 29.3 Å². The van der Waals surface area contributed by atoms with Crippen molar-refractivity contribution in [2.75, 3.05) is 31.5 Å². The third kappa shape index (κ3) is 3.94. The van der Waals surface area contributed by atoms with E-state index in [-0.39, 0.29) is 24.5 Å². The van der Waals surface area contributed by atoms with E-state index in [9.17, 15) is 9.59 Å². The van der Waals surface area contributed by atoms with E-state index in [1.54, 1.807) is 34.9 Å². The molecule has 6 nitrogen and oxygen atoms in total. The summed E-state index contributed by atoms with van der Waals surface area (Å²) in [7, 11) is 0. The average Bonchev–Trinajstić information content (AvgIpc) is 3.21. The molecule has 0 bridgehead atoms. The Morgan fingerprint density at radius 1 is 1.11 bits per heavy atom. The van der Waals surface area contributed by atoms with Gasteiger partial charge in [0.1, 0.15) is 0 Å². The van der Waals surface area contributed by atoms with Crippen LogP contribution >= 0.6 is 11.8 Å². The predicted octanol–water partition coefficient (Wildman–Crippen LogP) is 4.26. The molecular formula is C21H22N2O4S. The Hall–Kier alpha value is -2.67. The number of carbonyl (C=O) groups excluding carboxylic acids is 2. The summed E-state index contributed by atoms with van der Waals surface area (Å²) in [5, 5.41) is 2.89. The lowest BCUT2D eigenvalue weighted by atomic mass is 9.90. The second-order valence-electron chi connectivity index (χ2n) is 6.88. The number of anilines is 1. The number of fused-ring (bicyclic) bond motifs is 1. The summed E-state index contributed by atoms with van der Waals surface area (Å²) in [4.78, 5) is 28.4. The molecule has 1 N–H and O–H groups in total. The standard InChI is InChI=1S/C21H22N2O4S/c1-28-17-7-4-14(5-8-17)20(24)15-3-2-10-23(12-15)21(25)22-16-6-9-18-19(11-16)27-13-26-18/h4-9,11,15H,2-3,10,12-13H2,1H3,(H,22,25)/t15-/m1/s1. The molecule has 2 aromatic rings. The first-order chi connectivity index (χ1) is 13.6. The van der Waals surface area contributed by atoms with Gasteiger partial charge in [-0.15, -0.1) is 11.8 Å². The third-order valence-electron chi connectivity index (χ3n) is 5.08. The summed E-state index contributed by atoms with van der Waals surface area (Å²) in [6.07, 6.45) is 3.62. The Bertz CT molecular complexity index is 884. The van der Waals surface area contributed by atoms with Gasteiger partial charge in [-0.2, -0.15) is 0 Å². The third-order valence-corrected chi connectivity index (χ3v) is 5.82. The van der Waals surface area contributed by atoms with Gasteiger partial charge in [-0.1, -0.05) is 12.1 Å². The number of rotatable bonds is 4. The molecule has 4 rings (SSSR count). The molecule has 2 aliphatic heterocycles. The first-order valence-electron chi connectivity index (χ1n) is 9.28. The quantitative estimate of drug-likeness (QED) is 0.616. The number of hydrogen-bond donors (Lipinski definition) is 1. The average molecular weight is 398 g/mol. The number of benzene rings is 2. The van der Waals surface area contributed by atoms with Crippen LogP contribution in [0.2, 0.25) is 0 Å². The van der Waals surface area contributed by atoms with E-state index in [4.69, 9.17) is 9.47 Å². The minimum Gasteiger partial charge on any atom is -0.454 e. The minimum atomic E-state index is -0.200. The van der Waals surface area contributed by atoms with Crippen molar-refractivity contribution in [2.45, 2.75) is 17.7 Å². The Morgan fingerprint density at radius 3 is 2.68 bits per heavy atom. The van der Waals surface area contributed by atoms with Gasteiger partial charge in [0, 0.05) is 41.2 Å². The van der Waals surface area contributed by atoms with Crippen LogP contribution in [-0.4, -0.2) is 42.9 Å². The Morgan fingerprint density at radius 2 is 1.89 bits per heavy atom. The number of likely N-dealkylation sites (tertiary alicyclic amines) is 1. The second kappa shape index (κ2) is 8.14. The van der Waals surface area contributed by atoms with Crippen molar-refractivity contribution in [3.63, 3.8) is 0 Å². The number of piperidine rings is 1. The van der Waals surface area contributed by atoms with Gasteiger partial charge in [-0.05, 0) is 43.4 Å². The number of ketones is 1. The molecule has 146 valence electrons. The van der Waals surface area contributed by atoms with Gasteiger partial charge in [0.15, 0.2) is 17.3 Å². The first kappa shape index (κ1) is 18.7. The molecule has 7 heteroatoms. The topological polar surface area (TPSA) is 67.9 Å². The second-order valence-corrected chi connectivity index (χ2v) is 7.76. The molecule has 28 heavy (non-hydrogen) atoms. The SMILES string of the molecule is CSc1ccc(C(=O)[C@@H]2CCCN(C(=O)Nc3ccc4c(c3)OCO4)C2)cc1. The Labute approximate surface area is 168 Å². The van der Waals surface area contributed by atoms with E-state index in [1.807, 2.05) is 30.5 Å². The molecule has 2 heterocycles. The molecule has 0 radical (unpaired) electrons. The summed E-state index contributed by atoms with van der Waals surface area (Å²) in [5.41, 5.74) is 1.36. The molecule has 0 spiro atoms. The van der Waals surface area contributed by atoms with Crippen LogP contribution in [0.15, 0.2) is 47.4 Å². The number of nitrogens with zero attached hydrogens (tertiary/aromatic N) is 1. The van der Waals surface area contributed by atoms with E-state index in [2.05, 4.69) is 5.32 Å². The summed E-state index contributed by atoms with van der Waals surface area (Å²) in [6.45, 7) is 1.27. The fourth-order valence-corrected chi connectivity index (χ4v) is 3.95. The lowest BCUT2D eigenvalue weighted by molar-refractivity contribution is 0.0851. The highest BCUT2D eigenvalue weighted by Crippen LogP contribution is 2.34. The van der Waals surface area contributed by atoms with Crippen LogP contribution in [0.3, 0.4) is 0 Å². The zero-order valence-electron chi connectivity index (χ0n) is 15.6. The minimum absolute atomic E-state index is 0.105. The van der Waals surface area contributed by atoms with Gasteiger partial charge in [-0.3, -0.25) is 4.79 Å². The van der Waals surface area contributed by atoms with E-state index >= 15 is 0 Å². The molecule has 0 unspecified atom stereocenters. The fourth-order valence-electron chi connectivity index (χ4n) is 3.54. The number of nitrogens with one attached hydrogen (secondary N) is 1. The van der Waals surface area contributed by atoms with Crippen molar-refractivity contribution in [1.29, 1.82) is 0 Å². The van der Waals surface area contributed by atoms with Gasteiger partial charge in [0.05, 0.1) is 0 Å². The van der Waals surface area contributed by atoms with Gasteiger partial charge >= 0.3 is 6.03 Å². The monoisotopic (exact) mass is 398 g/mol. The smallest absolute Gasteiger partial charge is 0.321 e. The van der Waals surface area contributed by atoms with Crippen molar-refractivity contribution in [3.8, 4) is 11.5 Å². The van der Waals surface area contributed by atoms with Crippen molar-refractivity contribution in [2.24, 2.45) is 5.92 Å². The Kier molecular flexibility index (Phi) is 5.43. The largest absolute Gasteiger partial charge is 0.454 e. The van der Waals surface area contributed by atoms with Crippen LogP contribution in [0.4, 0.5) is 10.5 Å². The maximum absolute atomic E-state index is 12.9. The van der Waals surface area contributed by atoms with Crippen molar-refractivity contribution in [3.05, 3.63) is 48.0 Å². The van der Waals surface area contributed by atoms with Crippen molar-refractivity contribution in [1.82, 2.24) is 4.90 Å². The lowest BCUT2D eigenvalue weighted by Crippen LogP contribution is -2.44. The highest BCUT2D eigenvalue weighted by Gasteiger charge is 2.29. The molecule has 1 fully saturated rings. The highest BCUT2D eigenvalue weighted by atomic mass is 32.2. The van der Waals surface area contributed by atoms with Crippen molar-refractivity contribution < 1.29 is 19.1 Å². The summed E-state index contributed by atoms with van der Waals surface area (Å²) in [5.74, 6) is 1.23. The van der Waals surface area contributed by atoms with Crippen LogP contribution in [0.25, 0.3) is 0 Å². The number of urea groups is 1. The van der Waals surface area contributed by atoms with E-state index in [1.165, 1.54) is 0 Å². The van der Waals surface area contributed by atoms with E-state index in [0.29, 0.717) is 35.8 Å². The van der Waals surface area contributed by atoms with Gasteiger partial charge in [-0.25, -0.2) is 4.79 Å². The number of hydrogen-bond acceptors (Lipinski definition) is 5. The molecule has 2 aromatic carbocycles. The molecule has 0 aliphatic carbocycles. The van der Waals surface area contributed by atoms with Crippen LogP contribution in [0, 0.1) is 5.92 Å². The normalized spacial score (nSPS) is 18.0. The lowest BCUT2D eigenvalue weighted by Gasteiger charge is -2.32. The molecule has 2 amide bonds. The van der Waals surface area contributed by atoms with Gasteiger partial charge in [0.2, 0.25) is 6.79 Å². The van der Waals surface area contributed by atoms with E-state index < -0.39 is 0 Å². The summed E-state index contributed by atoms with van der Waals surface area (Å²) in [6, 6.07) is 12.8. The number of amides is 2. The van der Waals surface area contributed by atoms with Crippen LogP contribution in [-0.2, 0) is 0 Å². The molecule has 2 aliphatic rings. The zero-order chi connectivity index (χ0) is 19.5. The van der Waals surface area contributed by atoms with Gasteiger partial charge in [0.25, 0.3) is 0 Å². The maximum atomic E-state index is 12.9. The molecule has 0 saturated carbocycles. The van der Waals surface area contributed by atoms with Crippen LogP contribution in [0.5, 0.6) is 11.5 Å². The van der Waals surface area contributed by atoms with Crippen LogP contribution < -0.4 is 14.8 Å². The first-order valence-corrected chi connectivity index (χ1v) is 10.5. The number of thioether (sulfide) groups is 1. The number of carbonyl (C=O) groups is 2. The summed E-state index contributed by atoms with van der Waals surface area (Å²) >= 11 is 1.65. The molecule has 1 atom stereocenters. The number of ether oxygens (including phenoxy) is 2. The molecule has 0 aromatic heterocycles. The molecule has 1 saturated heterocycles. The summed E-state index contributed by atoms with van der Waals surface area (Å²) < 4.78 is 10.6. The maximum Gasteiger partial charge on any atom is 0.321 e. The highest BCUT2D eigenvalue weighted by molar-refractivity contribution is 7.98. The molecular weight excluding hydrogens is 376 g/mol. The predicted molar refractivity (Wildman–Crippen MR) is 108 cm³/mol.